The van der Waals surface area contributed by atoms with Crippen LogP contribution in [0, 0.1) is 5.41 Å². The Morgan fingerprint density at radius 1 is 1.26 bits per heavy atom. The summed E-state index contributed by atoms with van der Waals surface area (Å²) in [5, 5.41) is 8.86. The lowest BCUT2D eigenvalue weighted by Crippen LogP contribution is -2.47. The van der Waals surface area contributed by atoms with Crippen molar-refractivity contribution < 1.29 is 41.0 Å². The first-order chi connectivity index (χ1) is 10.4. The fourth-order valence-corrected chi connectivity index (χ4v) is 2.91. The van der Waals surface area contributed by atoms with Gasteiger partial charge in [-0.2, -0.15) is 26.3 Å². The molecule has 0 bridgehead atoms. The van der Waals surface area contributed by atoms with Gasteiger partial charge in [-0.15, -0.1) is 11.3 Å². The van der Waals surface area contributed by atoms with Crippen LogP contribution >= 0.6 is 11.3 Å². The van der Waals surface area contributed by atoms with Gasteiger partial charge in [-0.25, -0.2) is 4.98 Å². The van der Waals surface area contributed by atoms with Crippen molar-refractivity contribution in [3.8, 4) is 0 Å². The molecule has 1 unspecified atom stereocenters. The van der Waals surface area contributed by atoms with Crippen LogP contribution in [-0.4, -0.2) is 46.1 Å². The minimum absolute atomic E-state index is 0.133. The highest BCUT2D eigenvalue weighted by Gasteiger charge is 2.64. The largest absolute Gasteiger partial charge is 0.481 e. The number of carboxylic acid groups (broad SMARTS) is 1. The maximum Gasteiger partial charge on any atom is 0.427 e. The van der Waals surface area contributed by atoms with Crippen molar-refractivity contribution in [1.82, 2.24) is 9.88 Å². The molecule has 1 aromatic rings. The lowest BCUT2D eigenvalue weighted by atomic mass is 9.86. The molecule has 1 aromatic heterocycles. The van der Waals surface area contributed by atoms with E-state index in [-0.39, 0.29) is 11.3 Å². The van der Waals surface area contributed by atoms with Crippen molar-refractivity contribution in [3.63, 3.8) is 0 Å². The number of halogens is 6. The van der Waals surface area contributed by atoms with Gasteiger partial charge in [-0.3, -0.25) is 9.59 Å². The summed E-state index contributed by atoms with van der Waals surface area (Å²) in [6, 6.07) is 0. The van der Waals surface area contributed by atoms with Crippen LogP contribution in [0.3, 0.4) is 0 Å². The van der Waals surface area contributed by atoms with E-state index in [4.69, 9.17) is 5.11 Å². The molecule has 1 N–H and O–H groups in total. The molecule has 2 heterocycles. The molecule has 128 valence electrons. The van der Waals surface area contributed by atoms with Gasteiger partial charge in [0.25, 0.3) is 5.91 Å². The lowest BCUT2D eigenvalue weighted by Gasteiger charge is -2.27. The van der Waals surface area contributed by atoms with Gasteiger partial charge in [0.2, 0.25) is 0 Å². The van der Waals surface area contributed by atoms with Gasteiger partial charge in [0.1, 0.15) is 4.88 Å². The fourth-order valence-electron chi connectivity index (χ4n) is 2.26. The van der Waals surface area contributed by atoms with E-state index in [0.717, 1.165) is 5.51 Å². The number of aromatic nitrogens is 1. The van der Waals surface area contributed by atoms with Crippen LogP contribution in [0.4, 0.5) is 26.3 Å². The zero-order valence-corrected chi connectivity index (χ0v) is 11.8. The topological polar surface area (TPSA) is 70.5 Å². The van der Waals surface area contributed by atoms with E-state index in [9.17, 15) is 35.9 Å². The third-order valence-corrected chi connectivity index (χ3v) is 4.41. The Morgan fingerprint density at radius 3 is 2.30 bits per heavy atom. The van der Waals surface area contributed by atoms with E-state index in [1.54, 1.807) is 0 Å². The number of carbonyl (C=O) groups excluding carboxylic acids is 1. The van der Waals surface area contributed by atoms with Crippen LogP contribution in [0.25, 0.3) is 0 Å². The molecule has 1 fully saturated rings. The van der Waals surface area contributed by atoms with Gasteiger partial charge in [-0.1, -0.05) is 0 Å². The molecule has 12 heteroatoms. The van der Waals surface area contributed by atoms with E-state index >= 15 is 0 Å². The molecule has 0 aliphatic carbocycles. The summed E-state index contributed by atoms with van der Waals surface area (Å²) in [4.78, 5) is 25.4. The van der Waals surface area contributed by atoms with E-state index in [2.05, 4.69) is 4.98 Å². The first-order valence-electron chi connectivity index (χ1n) is 6.00. The summed E-state index contributed by atoms with van der Waals surface area (Å²) >= 11 is 0.133. The highest BCUT2D eigenvalue weighted by Crippen LogP contribution is 2.46. The van der Waals surface area contributed by atoms with Crippen molar-refractivity contribution in [2.45, 2.75) is 18.8 Å². The summed E-state index contributed by atoms with van der Waals surface area (Å²) in [6.45, 7) is -1.88. The Labute approximate surface area is 128 Å². The molecule has 0 spiro atoms. The Morgan fingerprint density at radius 2 is 1.87 bits per heavy atom. The van der Waals surface area contributed by atoms with E-state index in [1.165, 1.54) is 0 Å². The number of rotatable bonds is 2. The monoisotopic (exact) mass is 362 g/mol. The molecular formula is C11H8F6N2O3S. The molecule has 2 rings (SSSR count). The number of alkyl halides is 6. The van der Waals surface area contributed by atoms with E-state index < -0.39 is 59.7 Å². The Kier molecular flexibility index (Phi) is 4.07. The highest BCUT2D eigenvalue weighted by atomic mass is 32.1. The number of likely N-dealkylation sites (tertiary alicyclic amines) is 1. The quantitative estimate of drug-likeness (QED) is 0.822. The van der Waals surface area contributed by atoms with Crippen molar-refractivity contribution in [1.29, 1.82) is 0 Å². The van der Waals surface area contributed by atoms with Crippen molar-refractivity contribution >= 4 is 23.2 Å². The van der Waals surface area contributed by atoms with Crippen LogP contribution in [0.1, 0.15) is 21.8 Å². The van der Waals surface area contributed by atoms with E-state index in [0.29, 0.717) is 4.90 Å². The summed E-state index contributed by atoms with van der Waals surface area (Å²) < 4.78 is 77.2. The van der Waals surface area contributed by atoms with Crippen molar-refractivity contribution in [2.75, 3.05) is 13.1 Å². The number of thiazole rings is 1. The number of carboxylic acids is 1. The first kappa shape index (κ1) is 17.5. The molecule has 23 heavy (non-hydrogen) atoms. The maximum absolute atomic E-state index is 13.0. The Balaban J connectivity index is 2.31. The molecule has 1 aliphatic rings. The number of hydrogen-bond donors (Lipinski definition) is 1. The summed E-state index contributed by atoms with van der Waals surface area (Å²) in [6.07, 6.45) is -10.9. The molecule has 5 nitrogen and oxygen atoms in total. The van der Waals surface area contributed by atoms with Gasteiger partial charge in [0.15, 0.2) is 11.1 Å². The van der Waals surface area contributed by atoms with E-state index in [1.807, 2.05) is 0 Å². The molecule has 1 amide bonds. The van der Waals surface area contributed by atoms with Crippen LogP contribution in [-0.2, 0) is 11.0 Å². The average Bonchev–Trinajstić information content (AvgIpc) is 3.04. The summed E-state index contributed by atoms with van der Waals surface area (Å²) in [5.74, 6) is -3.54. The second-order valence-corrected chi connectivity index (χ2v) is 5.74. The zero-order valence-electron chi connectivity index (χ0n) is 11.0. The Bertz CT molecular complexity index is 640. The summed E-state index contributed by atoms with van der Waals surface area (Å²) in [7, 11) is 0. The second-order valence-electron chi connectivity index (χ2n) is 4.89. The second kappa shape index (κ2) is 5.35. The third kappa shape index (κ3) is 2.86. The van der Waals surface area contributed by atoms with Gasteiger partial charge >= 0.3 is 18.3 Å². The third-order valence-electron chi connectivity index (χ3n) is 3.54. The predicted molar refractivity (Wildman–Crippen MR) is 63.8 cm³/mol. The minimum atomic E-state index is -5.14. The minimum Gasteiger partial charge on any atom is -0.481 e. The number of carbonyl (C=O) groups is 2. The van der Waals surface area contributed by atoms with Gasteiger partial charge in [-0.05, 0) is 6.42 Å². The van der Waals surface area contributed by atoms with Crippen molar-refractivity contribution in [2.24, 2.45) is 5.41 Å². The molecule has 1 saturated heterocycles. The molecule has 0 saturated carbocycles. The SMILES string of the molecule is O=C(c1ncsc1C(F)(F)F)N1CCC(C(=O)O)(C(F)(F)F)C1. The number of nitrogens with zero attached hydrogens (tertiary/aromatic N) is 2. The number of amides is 1. The van der Waals surface area contributed by atoms with Gasteiger partial charge in [0.05, 0.1) is 5.51 Å². The number of hydrogen-bond acceptors (Lipinski definition) is 4. The molecular weight excluding hydrogens is 354 g/mol. The zero-order chi connectivity index (χ0) is 17.6. The standard InChI is InChI=1S/C11H8F6N2O3S/c12-10(13,14)6-5(18-4-23-6)7(20)19-2-1-9(3-19,8(21)22)11(15,16)17/h4H,1-3H2,(H,21,22). The van der Waals surface area contributed by atoms with Gasteiger partial charge in [0, 0.05) is 13.1 Å². The average molecular weight is 362 g/mol. The van der Waals surface area contributed by atoms with Crippen LogP contribution in [0.2, 0.25) is 0 Å². The van der Waals surface area contributed by atoms with Gasteiger partial charge < -0.3 is 10.0 Å². The van der Waals surface area contributed by atoms with Crippen LogP contribution < -0.4 is 0 Å². The first-order valence-corrected chi connectivity index (χ1v) is 6.88. The Hall–Kier alpha value is -1.85. The fraction of sp³-hybridized carbons (Fsp3) is 0.545. The van der Waals surface area contributed by atoms with Crippen LogP contribution in [0.5, 0.6) is 0 Å². The molecule has 1 atom stereocenters. The molecule has 0 radical (unpaired) electrons. The normalized spacial score (nSPS) is 22.4. The number of aliphatic carboxylic acids is 1. The maximum atomic E-state index is 13.0. The van der Waals surface area contributed by atoms with Crippen LogP contribution in [0.15, 0.2) is 5.51 Å². The molecule has 1 aliphatic heterocycles. The van der Waals surface area contributed by atoms with Crippen molar-refractivity contribution in [3.05, 3.63) is 16.1 Å². The lowest BCUT2D eigenvalue weighted by molar-refractivity contribution is -0.227. The predicted octanol–water partition coefficient (Wildman–Crippen LogP) is 2.64. The smallest absolute Gasteiger partial charge is 0.427 e. The summed E-state index contributed by atoms with van der Waals surface area (Å²) in [5.41, 5.74) is -3.46. The highest BCUT2D eigenvalue weighted by molar-refractivity contribution is 7.10. The molecule has 0 aromatic carbocycles.